The van der Waals surface area contributed by atoms with Crippen molar-refractivity contribution >= 4 is 23.0 Å². The van der Waals surface area contributed by atoms with Crippen LogP contribution < -0.4 is 20.7 Å². The summed E-state index contributed by atoms with van der Waals surface area (Å²) in [6.45, 7) is 2.29. The maximum absolute atomic E-state index is 13.6. The molecule has 1 aromatic heterocycles. The van der Waals surface area contributed by atoms with Crippen molar-refractivity contribution in [2.45, 2.75) is 37.6 Å². The van der Waals surface area contributed by atoms with Gasteiger partial charge in [0, 0.05) is 43.6 Å². The van der Waals surface area contributed by atoms with E-state index in [9.17, 15) is 18.4 Å². The molecular formula is C24H26F2N4O4. The van der Waals surface area contributed by atoms with Crippen LogP contribution in [0.15, 0.2) is 34.7 Å². The van der Waals surface area contributed by atoms with Gasteiger partial charge in [0.2, 0.25) is 11.8 Å². The molecule has 0 spiro atoms. The first-order valence-electron chi connectivity index (χ1n) is 10.9. The predicted molar refractivity (Wildman–Crippen MR) is 121 cm³/mol. The summed E-state index contributed by atoms with van der Waals surface area (Å²) in [5.41, 5.74) is 2.29. The van der Waals surface area contributed by atoms with Gasteiger partial charge >= 0.3 is 6.03 Å². The zero-order chi connectivity index (χ0) is 24.5. The van der Waals surface area contributed by atoms with Crippen molar-refractivity contribution in [3.05, 3.63) is 59.0 Å². The number of carbonyl (C=O) groups excluding carboxylic acids is 2. The van der Waals surface area contributed by atoms with Gasteiger partial charge in [0.1, 0.15) is 28.4 Å². The van der Waals surface area contributed by atoms with Crippen molar-refractivity contribution in [3.63, 3.8) is 0 Å². The molecule has 2 aromatic carbocycles. The van der Waals surface area contributed by atoms with Crippen LogP contribution in [0.2, 0.25) is 0 Å². The molecule has 2 heterocycles. The van der Waals surface area contributed by atoms with Crippen LogP contribution >= 0.6 is 0 Å². The molecule has 0 unspecified atom stereocenters. The average Bonchev–Trinajstić information content (AvgIpc) is 3.25. The molecule has 1 saturated heterocycles. The molecule has 0 radical (unpaired) electrons. The lowest BCUT2D eigenvalue weighted by Crippen LogP contribution is -2.40. The Hall–Kier alpha value is -3.69. The highest BCUT2D eigenvalue weighted by atomic mass is 19.1. The summed E-state index contributed by atoms with van der Waals surface area (Å²) in [5, 5.41) is 8.00. The fraction of sp³-hybridized carbons (Fsp3) is 0.375. The molecular weight excluding hydrogens is 446 g/mol. The number of hydrogen-bond donors (Lipinski definition) is 3. The molecule has 34 heavy (non-hydrogen) atoms. The van der Waals surface area contributed by atoms with Gasteiger partial charge in [-0.15, -0.1) is 0 Å². The topological polar surface area (TPSA) is 105 Å². The molecule has 1 aliphatic carbocycles. The first-order valence-corrected chi connectivity index (χ1v) is 10.9. The Morgan fingerprint density at radius 3 is 2.50 bits per heavy atom. The number of carbonyl (C=O) groups is 2. The summed E-state index contributed by atoms with van der Waals surface area (Å²) in [5.74, 6) is -1.21. The number of aromatic nitrogens is 1. The lowest BCUT2D eigenvalue weighted by molar-refractivity contribution is -0.119. The van der Waals surface area contributed by atoms with E-state index in [0.717, 1.165) is 41.6 Å². The minimum absolute atomic E-state index is 0.0425. The van der Waals surface area contributed by atoms with Crippen LogP contribution in [0.25, 0.3) is 11.1 Å². The first kappa shape index (κ1) is 23.5. The number of rotatable bonds is 4. The quantitative estimate of drug-likeness (QED) is 0.538. The largest absolute Gasteiger partial charge is 0.497 e. The summed E-state index contributed by atoms with van der Waals surface area (Å²) in [6, 6.07) is 7.95. The Kier molecular flexibility index (Phi) is 6.41. The van der Waals surface area contributed by atoms with Crippen LogP contribution in [0.1, 0.15) is 42.2 Å². The molecule has 10 heteroatoms. The number of hydrogen-bond acceptors (Lipinski definition) is 5. The number of nitrogens with zero attached hydrogens (tertiary/aromatic N) is 1. The first-order chi connectivity index (χ1) is 16.2. The smallest absolute Gasteiger partial charge is 0.315 e. The molecule has 1 atom stereocenters. The molecule has 2 fully saturated rings. The van der Waals surface area contributed by atoms with E-state index < -0.39 is 23.1 Å². The van der Waals surface area contributed by atoms with E-state index in [2.05, 4.69) is 20.9 Å². The van der Waals surface area contributed by atoms with Gasteiger partial charge in [-0.05, 0) is 37.5 Å². The molecule has 3 N–H and O–H groups in total. The molecule has 2 aliphatic rings. The van der Waals surface area contributed by atoms with Crippen molar-refractivity contribution < 1.29 is 27.5 Å². The third-order valence-electron chi connectivity index (χ3n) is 5.96. The van der Waals surface area contributed by atoms with Crippen LogP contribution in [0.4, 0.5) is 13.6 Å². The van der Waals surface area contributed by atoms with E-state index in [-0.39, 0.29) is 36.2 Å². The molecule has 3 amide bonds. The summed E-state index contributed by atoms with van der Waals surface area (Å²) >= 11 is 0. The van der Waals surface area contributed by atoms with Gasteiger partial charge in [-0.3, -0.25) is 4.79 Å². The SMILES string of the molecule is CNC(=O)NC1(c2nc3ccc(C)cc3o2)CC1.COc1cc(F)c([C@@H]2CNC(=O)C2)c(F)c1. The normalized spacial score (nSPS) is 18.0. The van der Waals surface area contributed by atoms with Crippen LogP contribution in [-0.2, 0) is 10.3 Å². The summed E-state index contributed by atoms with van der Waals surface area (Å²) < 4.78 is 37.8. The number of aryl methyl sites for hydroxylation is 1. The van der Waals surface area contributed by atoms with Crippen molar-refractivity contribution in [2.75, 3.05) is 20.7 Å². The fourth-order valence-electron chi connectivity index (χ4n) is 3.91. The van der Waals surface area contributed by atoms with Gasteiger partial charge in [-0.1, -0.05) is 6.07 Å². The molecule has 1 aliphatic heterocycles. The third-order valence-corrected chi connectivity index (χ3v) is 5.96. The molecule has 5 rings (SSSR count). The number of halogens is 2. The molecule has 8 nitrogen and oxygen atoms in total. The number of ether oxygens (including phenoxy) is 1. The summed E-state index contributed by atoms with van der Waals surface area (Å²) in [6.07, 6.45) is 1.86. The van der Waals surface area contributed by atoms with Crippen LogP contribution in [0.5, 0.6) is 5.75 Å². The minimum Gasteiger partial charge on any atom is -0.497 e. The van der Waals surface area contributed by atoms with Crippen LogP contribution in [0, 0.1) is 18.6 Å². The second-order valence-corrected chi connectivity index (χ2v) is 8.49. The molecule has 1 saturated carbocycles. The maximum Gasteiger partial charge on any atom is 0.315 e. The van der Waals surface area contributed by atoms with E-state index in [1.54, 1.807) is 7.05 Å². The van der Waals surface area contributed by atoms with Gasteiger partial charge < -0.3 is 25.1 Å². The Labute approximate surface area is 195 Å². The number of methoxy groups -OCH3 is 1. The monoisotopic (exact) mass is 472 g/mol. The standard InChI is InChI=1S/C13H15N3O2.C11H11F2NO2/c1-8-3-4-9-10(7-8)18-11(15-9)13(5-6-13)16-12(17)14-2;1-16-7-3-8(12)11(9(13)4-7)6-2-10(15)14-5-6/h3-4,7H,5-6H2,1-2H3,(H2,14,16,17);3-4,6H,2,5H2,1H3,(H,14,15)/t;6-/m.0/s1. The second kappa shape index (κ2) is 9.28. The van der Waals surface area contributed by atoms with Gasteiger partial charge in [-0.25, -0.2) is 18.6 Å². The van der Waals surface area contributed by atoms with Crippen LogP contribution in [0.3, 0.4) is 0 Å². The van der Waals surface area contributed by atoms with E-state index >= 15 is 0 Å². The number of benzene rings is 2. The number of nitrogens with one attached hydrogen (secondary N) is 3. The highest BCUT2D eigenvalue weighted by molar-refractivity contribution is 5.79. The van der Waals surface area contributed by atoms with Crippen molar-refractivity contribution in [1.82, 2.24) is 20.9 Å². The average molecular weight is 472 g/mol. The van der Waals surface area contributed by atoms with Gasteiger partial charge in [0.05, 0.1) is 7.11 Å². The zero-order valence-electron chi connectivity index (χ0n) is 19.1. The lowest BCUT2D eigenvalue weighted by Gasteiger charge is -2.12. The Morgan fingerprint density at radius 1 is 1.24 bits per heavy atom. The van der Waals surface area contributed by atoms with Crippen LogP contribution in [-0.4, -0.2) is 37.6 Å². The maximum atomic E-state index is 13.6. The Morgan fingerprint density at radius 2 is 1.94 bits per heavy atom. The molecule has 0 bridgehead atoms. The lowest BCUT2D eigenvalue weighted by atomic mass is 9.97. The van der Waals surface area contributed by atoms with E-state index in [0.29, 0.717) is 5.89 Å². The Balaban J connectivity index is 0.000000162. The highest BCUT2D eigenvalue weighted by Crippen LogP contribution is 2.45. The number of amides is 3. The predicted octanol–water partition coefficient (Wildman–Crippen LogP) is 3.63. The van der Waals surface area contributed by atoms with E-state index in [4.69, 9.17) is 9.15 Å². The van der Waals surface area contributed by atoms with Crippen molar-refractivity contribution in [1.29, 1.82) is 0 Å². The molecule has 180 valence electrons. The van der Waals surface area contributed by atoms with Gasteiger partial charge in [0.15, 0.2) is 5.58 Å². The minimum atomic E-state index is -0.668. The van der Waals surface area contributed by atoms with E-state index in [1.165, 1.54) is 7.11 Å². The van der Waals surface area contributed by atoms with Crippen molar-refractivity contribution in [3.8, 4) is 5.75 Å². The fourth-order valence-corrected chi connectivity index (χ4v) is 3.91. The number of fused-ring (bicyclic) bond motifs is 1. The third kappa shape index (κ3) is 4.80. The highest BCUT2D eigenvalue weighted by Gasteiger charge is 2.50. The summed E-state index contributed by atoms with van der Waals surface area (Å²) in [4.78, 5) is 26.9. The van der Waals surface area contributed by atoms with E-state index in [1.807, 2.05) is 25.1 Å². The Bertz CT molecular complexity index is 1220. The number of urea groups is 1. The molecule has 3 aromatic rings. The van der Waals surface area contributed by atoms with Crippen molar-refractivity contribution in [2.24, 2.45) is 0 Å². The summed E-state index contributed by atoms with van der Waals surface area (Å²) in [7, 11) is 2.94. The zero-order valence-corrected chi connectivity index (χ0v) is 19.1. The second-order valence-electron chi connectivity index (χ2n) is 8.49. The number of oxazole rings is 1. The van der Waals surface area contributed by atoms with Gasteiger partial charge in [0.25, 0.3) is 0 Å². The van der Waals surface area contributed by atoms with Gasteiger partial charge in [-0.2, -0.15) is 0 Å².